The number of hydrogen-bond acceptors (Lipinski definition) is 5. The van der Waals surface area contributed by atoms with Crippen LogP contribution in [0.25, 0.3) is 5.76 Å². The zero-order valence-corrected chi connectivity index (χ0v) is 21.7. The molecule has 1 fully saturated rings. The monoisotopic (exact) mass is 499 g/mol. The van der Waals surface area contributed by atoms with Crippen molar-refractivity contribution in [3.8, 4) is 11.5 Å². The molecule has 1 unspecified atom stereocenters. The van der Waals surface area contributed by atoms with Crippen LogP contribution in [0.3, 0.4) is 0 Å². The Morgan fingerprint density at radius 2 is 1.70 bits per heavy atom. The van der Waals surface area contributed by atoms with Gasteiger partial charge in [-0.15, -0.1) is 0 Å². The van der Waals surface area contributed by atoms with Crippen molar-refractivity contribution in [2.24, 2.45) is 5.92 Å². The van der Waals surface area contributed by atoms with E-state index in [1.807, 2.05) is 61.5 Å². The highest BCUT2D eigenvalue weighted by molar-refractivity contribution is 6.46. The molecule has 1 N–H and O–H groups in total. The number of amides is 1. The van der Waals surface area contributed by atoms with E-state index in [9.17, 15) is 14.7 Å². The first-order chi connectivity index (χ1) is 17.8. The molecule has 1 aliphatic heterocycles. The Balaban J connectivity index is 1.69. The van der Waals surface area contributed by atoms with Gasteiger partial charge < -0.3 is 19.5 Å². The molecule has 1 aliphatic rings. The van der Waals surface area contributed by atoms with Crippen LogP contribution in [0.1, 0.15) is 42.1 Å². The van der Waals surface area contributed by atoms with Crippen molar-refractivity contribution in [3.05, 3.63) is 101 Å². The number of likely N-dealkylation sites (tertiary alicyclic amines) is 1. The summed E-state index contributed by atoms with van der Waals surface area (Å²) in [5, 5.41) is 11.4. The minimum absolute atomic E-state index is 0.0983. The number of ketones is 1. The van der Waals surface area contributed by atoms with E-state index < -0.39 is 17.7 Å². The Bertz CT molecular complexity index is 1290. The summed E-state index contributed by atoms with van der Waals surface area (Å²) in [6.07, 6.45) is 0.557. The van der Waals surface area contributed by atoms with Gasteiger partial charge >= 0.3 is 0 Å². The molecule has 0 saturated carbocycles. The number of rotatable bonds is 9. The Morgan fingerprint density at radius 1 is 1.00 bits per heavy atom. The lowest BCUT2D eigenvalue weighted by Gasteiger charge is -2.25. The Hall–Kier alpha value is -4.06. The predicted molar refractivity (Wildman–Crippen MR) is 144 cm³/mol. The normalized spacial score (nSPS) is 16.9. The zero-order chi connectivity index (χ0) is 26.5. The van der Waals surface area contributed by atoms with Gasteiger partial charge in [0.05, 0.1) is 25.3 Å². The predicted octanol–water partition coefficient (Wildman–Crippen LogP) is 5.70. The number of ether oxygens (including phenoxy) is 2. The standard InChI is InChI=1S/C31H33NO5/c1-20(2)19-37-26-15-12-24(18-21(26)3)29(33)27-28(23-8-6-5-7-9-23)32(31(35)30(27)34)17-16-22-10-13-25(36-4)14-11-22/h5-15,18,20,28,33H,16-17,19H2,1-4H3/b29-27-. The molecule has 4 rings (SSSR count). The maximum atomic E-state index is 13.3. The summed E-state index contributed by atoms with van der Waals surface area (Å²) in [5.41, 5.74) is 3.20. The summed E-state index contributed by atoms with van der Waals surface area (Å²) >= 11 is 0. The van der Waals surface area contributed by atoms with Crippen LogP contribution in [0.2, 0.25) is 0 Å². The average molecular weight is 500 g/mol. The molecule has 192 valence electrons. The molecular weight excluding hydrogens is 466 g/mol. The average Bonchev–Trinajstić information content (AvgIpc) is 3.16. The van der Waals surface area contributed by atoms with Gasteiger partial charge in [-0.2, -0.15) is 0 Å². The molecule has 0 radical (unpaired) electrons. The largest absolute Gasteiger partial charge is 0.507 e. The van der Waals surface area contributed by atoms with E-state index in [0.717, 1.165) is 28.2 Å². The first-order valence-corrected chi connectivity index (χ1v) is 12.5. The molecule has 0 aliphatic carbocycles. The molecule has 6 heteroatoms. The van der Waals surface area contributed by atoms with Gasteiger partial charge in [-0.25, -0.2) is 0 Å². The molecule has 37 heavy (non-hydrogen) atoms. The molecule has 1 saturated heterocycles. The van der Waals surface area contributed by atoms with Crippen LogP contribution in [0.4, 0.5) is 0 Å². The van der Waals surface area contributed by atoms with Gasteiger partial charge in [0.2, 0.25) is 0 Å². The minimum atomic E-state index is -0.684. The van der Waals surface area contributed by atoms with Crippen LogP contribution >= 0.6 is 0 Å². The van der Waals surface area contributed by atoms with Crippen molar-refractivity contribution in [2.45, 2.75) is 33.2 Å². The Morgan fingerprint density at radius 3 is 2.32 bits per heavy atom. The van der Waals surface area contributed by atoms with Crippen molar-refractivity contribution >= 4 is 17.4 Å². The molecule has 1 amide bonds. The van der Waals surface area contributed by atoms with Gasteiger partial charge in [0, 0.05) is 12.1 Å². The SMILES string of the molecule is COc1ccc(CCN2C(=O)C(=O)/C(=C(\O)c3ccc(OCC(C)C)c(C)c3)C2c2ccccc2)cc1. The molecule has 1 atom stereocenters. The van der Waals surface area contributed by atoms with Gasteiger partial charge in [-0.3, -0.25) is 9.59 Å². The van der Waals surface area contributed by atoms with Crippen molar-refractivity contribution in [3.63, 3.8) is 0 Å². The van der Waals surface area contributed by atoms with E-state index in [-0.39, 0.29) is 11.3 Å². The number of aliphatic hydroxyl groups excluding tert-OH is 1. The Labute approximate surface area is 218 Å². The third kappa shape index (κ3) is 5.69. The molecule has 3 aromatic carbocycles. The van der Waals surface area contributed by atoms with Gasteiger partial charge in [0.25, 0.3) is 11.7 Å². The number of methoxy groups -OCH3 is 1. The second kappa shape index (κ2) is 11.3. The van der Waals surface area contributed by atoms with Gasteiger partial charge in [-0.05, 0) is 66.3 Å². The Kier molecular flexibility index (Phi) is 7.97. The van der Waals surface area contributed by atoms with Gasteiger partial charge in [-0.1, -0.05) is 56.3 Å². The summed E-state index contributed by atoms with van der Waals surface area (Å²) in [6.45, 7) is 6.96. The van der Waals surface area contributed by atoms with Crippen LogP contribution in [0.15, 0.2) is 78.4 Å². The second-order valence-electron chi connectivity index (χ2n) is 9.69. The van der Waals surface area contributed by atoms with Crippen LogP contribution in [-0.2, 0) is 16.0 Å². The molecule has 0 aromatic heterocycles. The maximum absolute atomic E-state index is 13.3. The van der Waals surface area contributed by atoms with E-state index in [0.29, 0.717) is 31.1 Å². The summed E-state index contributed by atoms with van der Waals surface area (Å²) in [5.74, 6) is 0.385. The lowest BCUT2D eigenvalue weighted by atomic mass is 9.94. The lowest BCUT2D eigenvalue weighted by Crippen LogP contribution is -2.31. The first kappa shape index (κ1) is 26.0. The van der Waals surface area contributed by atoms with Crippen molar-refractivity contribution in [1.29, 1.82) is 0 Å². The number of aryl methyl sites for hydroxylation is 1. The summed E-state index contributed by atoms with van der Waals surface area (Å²) in [6, 6.07) is 21.6. The van der Waals surface area contributed by atoms with Gasteiger partial charge in [0.15, 0.2) is 0 Å². The van der Waals surface area contributed by atoms with E-state index in [2.05, 4.69) is 13.8 Å². The summed E-state index contributed by atoms with van der Waals surface area (Å²) < 4.78 is 11.1. The second-order valence-corrected chi connectivity index (χ2v) is 9.69. The third-order valence-electron chi connectivity index (χ3n) is 6.48. The highest BCUT2D eigenvalue weighted by Crippen LogP contribution is 2.40. The molecule has 0 spiro atoms. The van der Waals surface area contributed by atoms with E-state index in [1.54, 1.807) is 30.2 Å². The van der Waals surface area contributed by atoms with Crippen LogP contribution in [0.5, 0.6) is 11.5 Å². The highest BCUT2D eigenvalue weighted by atomic mass is 16.5. The molecular formula is C31H33NO5. The van der Waals surface area contributed by atoms with Gasteiger partial charge in [0.1, 0.15) is 17.3 Å². The smallest absolute Gasteiger partial charge is 0.295 e. The lowest BCUT2D eigenvalue weighted by molar-refractivity contribution is -0.139. The van der Waals surface area contributed by atoms with Crippen molar-refractivity contribution in [1.82, 2.24) is 4.90 Å². The fraction of sp³-hybridized carbons (Fsp3) is 0.290. The molecule has 0 bridgehead atoms. The number of hydrogen-bond donors (Lipinski definition) is 1. The van der Waals surface area contributed by atoms with Crippen LogP contribution in [0, 0.1) is 12.8 Å². The quantitative estimate of drug-likeness (QED) is 0.232. The van der Waals surface area contributed by atoms with Crippen molar-refractivity contribution in [2.75, 3.05) is 20.3 Å². The number of benzene rings is 3. The van der Waals surface area contributed by atoms with E-state index in [1.165, 1.54) is 0 Å². The number of carbonyl (C=O) groups is 2. The van der Waals surface area contributed by atoms with E-state index >= 15 is 0 Å². The molecule has 3 aromatic rings. The summed E-state index contributed by atoms with van der Waals surface area (Å²) in [4.78, 5) is 28.1. The topological polar surface area (TPSA) is 76.1 Å². The summed E-state index contributed by atoms with van der Waals surface area (Å²) in [7, 11) is 1.61. The number of aliphatic hydroxyl groups is 1. The fourth-order valence-corrected chi connectivity index (χ4v) is 4.50. The first-order valence-electron chi connectivity index (χ1n) is 12.5. The molecule has 6 nitrogen and oxygen atoms in total. The molecule has 1 heterocycles. The van der Waals surface area contributed by atoms with E-state index in [4.69, 9.17) is 9.47 Å². The maximum Gasteiger partial charge on any atom is 0.295 e. The van der Waals surface area contributed by atoms with Crippen LogP contribution < -0.4 is 9.47 Å². The minimum Gasteiger partial charge on any atom is -0.507 e. The third-order valence-corrected chi connectivity index (χ3v) is 6.48. The zero-order valence-electron chi connectivity index (χ0n) is 21.7. The number of Topliss-reactive ketones (excluding diaryl/α,β-unsaturated/α-hetero) is 1. The number of carbonyl (C=O) groups excluding carboxylic acids is 2. The van der Waals surface area contributed by atoms with Crippen molar-refractivity contribution < 1.29 is 24.2 Å². The fourth-order valence-electron chi connectivity index (χ4n) is 4.50. The highest BCUT2D eigenvalue weighted by Gasteiger charge is 2.45. The number of nitrogens with zero attached hydrogens (tertiary/aromatic N) is 1. The van der Waals surface area contributed by atoms with Crippen LogP contribution in [-0.4, -0.2) is 42.0 Å².